The molecular formula is C20H23N7O. The summed E-state index contributed by atoms with van der Waals surface area (Å²) in [4.78, 5) is 23.5. The average Bonchev–Trinajstić information content (AvgIpc) is 3.42. The second-order valence-corrected chi connectivity index (χ2v) is 6.92. The fourth-order valence-electron chi connectivity index (χ4n) is 3.58. The number of amides is 1. The standard InChI is InChI=1S/C20H23N7O/c1-4-16(14(2)3)27-13-22-18(24-27)20(28)23-15-7-10-26(12-15)19-17-6-5-9-25(17)11-8-21-19/h4-6,8-9,11,13,15H,2,7,10,12H2,1,3H3,(H,23,28). The molecule has 1 N–H and O–H groups in total. The van der Waals surface area contributed by atoms with Crippen LogP contribution in [0.15, 0.2) is 55.3 Å². The maximum Gasteiger partial charge on any atom is 0.291 e. The molecule has 1 saturated heterocycles. The predicted molar refractivity (Wildman–Crippen MR) is 108 cm³/mol. The van der Waals surface area contributed by atoms with E-state index < -0.39 is 0 Å². The average molecular weight is 377 g/mol. The summed E-state index contributed by atoms with van der Waals surface area (Å²) >= 11 is 0. The largest absolute Gasteiger partial charge is 0.353 e. The summed E-state index contributed by atoms with van der Waals surface area (Å²) in [6, 6.07) is 4.08. The molecule has 4 heterocycles. The Bertz CT molecular complexity index is 1060. The molecule has 0 aromatic carbocycles. The Morgan fingerprint density at radius 2 is 2.21 bits per heavy atom. The second kappa shape index (κ2) is 7.30. The van der Waals surface area contributed by atoms with Gasteiger partial charge in [0.15, 0.2) is 5.82 Å². The van der Waals surface area contributed by atoms with Crippen molar-refractivity contribution in [2.75, 3.05) is 18.0 Å². The van der Waals surface area contributed by atoms with Crippen LogP contribution in [0.5, 0.6) is 0 Å². The molecule has 1 aliphatic rings. The van der Waals surface area contributed by atoms with Gasteiger partial charge in [0.2, 0.25) is 5.82 Å². The van der Waals surface area contributed by atoms with Crippen LogP contribution in [0.1, 0.15) is 30.9 Å². The van der Waals surface area contributed by atoms with Crippen molar-refractivity contribution in [2.45, 2.75) is 26.3 Å². The third-order valence-corrected chi connectivity index (χ3v) is 4.91. The molecule has 1 unspecified atom stereocenters. The maximum absolute atomic E-state index is 12.6. The van der Waals surface area contributed by atoms with E-state index in [1.54, 1.807) is 10.9 Å². The highest BCUT2D eigenvalue weighted by atomic mass is 16.2. The third kappa shape index (κ3) is 3.28. The van der Waals surface area contributed by atoms with Gasteiger partial charge in [-0.3, -0.25) is 4.79 Å². The molecular weight excluding hydrogens is 354 g/mol. The Morgan fingerprint density at radius 1 is 1.36 bits per heavy atom. The van der Waals surface area contributed by atoms with Crippen molar-refractivity contribution in [2.24, 2.45) is 0 Å². The van der Waals surface area contributed by atoms with Gasteiger partial charge in [0, 0.05) is 37.7 Å². The smallest absolute Gasteiger partial charge is 0.291 e. The maximum atomic E-state index is 12.6. The monoisotopic (exact) mass is 377 g/mol. The zero-order chi connectivity index (χ0) is 19.7. The third-order valence-electron chi connectivity index (χ3n) is 4.91. The van der Waals surface area contributed by atoms with E-state index in [0.717, 1.165) is 35.6 Å². The lowest BCUT2D eigenvalue weighted by Gasteiger charge is -2.18. The van der Waals surface area contributed by atoms with Crippen LogP contribution < -0.4 is 10.2 Å². The van der Waals surface area contributed by atoms with Crippen molar-refractivity contribution < 1.29 is 4.79 Å². The highest BCUT2D eigenvalue weighted by Gasteiger charge is 2.27. The normalized spacial score (nSPS) is 17.3. The van der Waals surface area contributed by atoms with Crippen LogP contribution >= 0.6 is 0 Å². The number of nitrogens with zero attached hydrogens (tertiary/aromatic N) is 6. The van der Waals surface area contributed by atoms with Crippen LogP contribution in [0.3, 0.4) is 0 Å². The van der Waals surface area contributed by atoms with Crippen LogP contribution in [-0.2, 0) is 0 Å². The molecule has 4 rings (SSSR count). The van der Waals surface area contributed by atoms with Gasteiger partial charge in [-0.1, -0.05) is 12.7 Å². The molecule has 1 fully saturated rings. The summed E-state index contributed by atoms with van der Waals surface area (Å²) in [7, 11) is 0. The first-order valence-corrected chi connectivity index (χ1v) is 9.28. The summed E-state index contributed by atoms with van der Waals surface area (Å²) in [6.07, 6.45) is 10.0. The summed E-state index contributed by atoms with van der Waals surface area (Å²) in [5.41, 5.74) is 2.75. The van der Waals surface area contributed by atoms with E-state index >= 15 is 0 Å². The summed E-state index contributed by atoms with van der Waals surface area (Å²) in [5.74, 6) is 0.827. The highest BCUT2D eigenvalue weighted by Crippen LogP contribution is 2.23. The fraction of sp³-hybridized carbons (Fsp3) is 0.300. The molecule has 1 atom stereocenters. The van der Waals surface area contributed by atoms with Gasteiger partial charge in [-0.15, -0.1) is 5.10 Å². The molecule has 28 heavy (non-hydrogen) atoms. The Balaban J connectivity index is 1.43. The van der Waals surface area contributed by atoms with Gasteiger partial charge in [0.25, 0.3) is 5.91 Å². The number of carbonyl (C=O) groups excluding carboxylic acids is 1. The number of allylic oxidation sites excluding steroid dienone is 3. The number of hydrogen-bond acceptors (Lipinski definition) is 5. The number of aromatic nitrogens is 5. The number of anilines is 1. The first-order chi connectivity index (χ1) is 13.6. The van der Waals surface area contributed by atoms with Gasteiger partial charge in [-0.2, -0.15) is 0 Å². The summed E-state index contributed by atoms with van der Waals surface area (Å²) in [5, 5.41) is 7.33. The van der Waals surface area contributed by atoms with Crippen molar-refractivity contribution in [1.29, 1.82) is 0 Å². The summed E-state index contributed by atoms with van der Waals surface area (Å²) < 4.78 is 3.63. The number of fused-ring (bicyclic) bond motifs is 1. The van der Waals surface area contributed by atoms with Gasteiger partial charge in [0.1, 0.15) is 6.33 Å². The van der Waals surface area contributed by atoms with E-state index in [1.165, 1.54) is 6.33 Å². The van der Waals surface area contributed by atoms with Crippen LogP contribution in [0.2, 0.25) is 0 Å². The number of rotatable bonds is 5. The van der Waals surface area contributed by atoms with Crippen molar-refractivity contribution in [3.05, 3.63) is 61.1 Å². The van der Waals surface area contributed by atoms with Crippen molar-refractivity contribution in [3.63, 3.8) is 0 Å². The van der Waals surface area contributed by atoms with Gasteiger partial charge in [-0.05, 0) is 38.0 Å². The van der Waals surface area contributed by atoms with Crippen LogP contribution in [0.25, 0.3) is 11.2 Å². The fourth-order valence-corrected chi connectivity index (χ4v) is 3.58. The Morgan fingerprint density at radius 3 is 3.00 bits per heavy atom. The molecule has 0 spiro atoms. The number of carbonyl (C=O) groups is 1. The van der Waals surface area contributed by atoms with Gasteiger partial charge in [0.05, 0.1) is 11.2 Å². The molecule has 1 amide bonds. The van der Waals surface area contributed by atoms with E-state index in [9.17, 15) is 4.79 Å². The molecule has 0 saturated carbocycles. The lowest BCUT2D eigenvalue weighted by Crippen LogP contribution is -2.37. The Kier molecular flexibility index (Phi) is 4.68. The van der Waals surface area contributed by atoms with Crippen LogP contribution in [0, 0.1) is 0 Å². The minimum Gasteiger partial charge on any atom is -0.353 e. The lowest BCUT2D eigenvalue weighted by molar-refractivity contribution is 0.0930. The van der Waals surface area contributed by atoms with Gasteiger partial charge >= 0.3 is 0 Å². The molecule has 0 radical (unpaired) electrons. The Labute approximate surface area is 163 Å². The first kappa shape index (κ1) is 18.0. The minimum atomic E-state index is -0.267. The zero-order valence-electron chi connectivity index (χ0n) is 16.0. The minimum absolute atomic E-state index is 0.0267. The van der Waals surface area contributed by atoms with Crippen molar-refractivity contribution in [1.82, 2.24) is 29.5 Å². The lowest BCUT2D eigenvalue weighted by atomic mass is 10.2. The first-order valence-electron chi connectivity index (χ1n) is 9.28. The SMILES string of the molecule is C=C(C)C(=CC)n1cnc(C(=O)NC2CCN(c3nccn4cccc34)C2)n1. The van der Waals surface area contributed by atoms with Crippen molar-refractivity contribution >= 4 is 22.9 Å². The number of nitrogens with one attached hydrogen (secondary N) is 1. The van der Waals surface area contributed by atoms with E-state index in [0.29, 0.717) is 6.54 Å². The predicted octanol–water partition coefficient (Wildman–Crippen LogP) is 2.37. The van der Waals surface area contributed by atoms with E-state index in [2.05, 4.69) is 31.9 Å². The van der Waals surface area contributed by atoms with Crippen LogP contribution in [0.4, 0.5) is 5.82 Å². The van der Waals surface area contributed by atoms with Gasteiger partial charge < -0.3 is 14.6 Å². The molecule has 0 bridgehead atoms. The van der Waals surface area contributed by atoms with Crippen molar-refractivity contribution in [3.8, 4) is 0 Å². The van der Waals surface area contributed by atoms with Crippen LogP contribution in [-0.4, -0.2) is 49.2 Å². The molecule has 1 aliphatic heterocycles. The topological polar surface area (TPSA) is 80.4 Å². The van der Waals surface area contributed by atoms with E-state index in [1.807, 2.05) is 48.9 Å². The molecule has 8 nitrogen and oxygen atoms in total. The van der Waals surface area contributed by atoms with E-state index in [-0.39, 0.29) is 17.8 Å². The quantitative estimate of drug-likeness (QED) is 0.691. The number of hydrogen-bond donors (Lipinski definition) is 1. The molecule has 144 valence electrons. The molecule has 8 heteroatoms. The molecule has 3 aromatic rings. The second-order valence-electron chi connectivity index (χ2n) is 6.92. The summed E-state index contributed by atoms with van der Waals surface area (Å²) in [6.45, 7) is 9.26. The van der Waals surface area contributed by atoms with Gasteiger partial charge in [-0.25, -0.2) is 14.6 Å². The Hall–Kier alpha value is -3.42. The molecule has 3 aromatic heterocycles. The highest BCUT2D eigenvalue weighted by molar-refractivity contribution is 5.90. The molecule has 0 aliphatic carbocycles. The van der Waals surface area contributed by atoms with E-state index in [4.69, 9.17) is 0 Å². The zero-order valence-corrected chi connectivity index (χ0v) is 16.0.